The average molecular weight is 263 g/mol. The second-order valence-electron chi connectivity index (χ2n) is 4.22. The summed E-state index contributed by atoms with van der Waals surface area (Å²) in [6.07, 6.45) is 5.47. The molecule has 1 rings (SSSR count). The minimum absolute atomic E-state index is 0.203. The van der Waals surface area contributed by atoms with Crippen LogP contribution in [0.25, 0.3) is 0 Å². The molecule has 0 aromatic carbocycles. The smallest absolute Gasteiger partial charge is 0.277 e. The highest BCUT2D eigenvalue weighted by Gasteiger charge is 2.16. The van der Waals surface area contributed by atoms with Gasteiger partial charge in [-0.05, 0) is 12.8 Å². The molecule has 1 saturated carbocycles. The van der Waals surface area contributed by atoms with Crippen LogP contribution in [-0.4, -0.2) is 33.5 Å². The van der Waals surface area contributed by atoms with E-state index in [0.717, 1.165) is 25.7 Å². The summed E-state index contributed by atoms with van der Waals surface area (Å²) in [5.74, 6) is -0.265. The van der Waals surface area contributed by atoms with Gasteiger partial charge in [-0.1, -0.05) is 26.2 Å². The van der Waals surface area contributed by atoms with Crippen LogP contribution in [0, 0.1) is 0 Å². The molecule has 0 saturated heterocycles. The Morgan fingerprint density at radius 3 is 2.41 bits per heavy atom. The lowest BCUT2D eigenvalue weighted by atomic mass is 9.95. The third-order valence-electron chi connectivity index (χ3n) is 2.73. The third kappa shape index (κ3) is 5.99. The molecule has 0 heterocycles. The van der Waals surface area contributed by atoms with Crippen LogP contribution in [0.3, 0.4) is 0 Å². The zero-order chi connectivity index (χ0) is 12.7. The van der Waals surface area contributed by atoms with Crippen molar-refractivity contribution >= 4 is 16.1 Å². The first-order valence-corrected chi connectivity index (χ1v) is 7.55. The molecule has 0 unspecified atom stereocenters. The van der Waals surface area contributed by atoms with Gasteiger partial charge in [0.25, 0.3) is 10.2 Å². The lowest BCUT2D eigenvalue weighted by Gasteiger charge is -2.22. The molecule has 1 aliphatic carbocycles. The molecule has 1 fully saturated rings. The van der Waals surface area contributed by atoms with E-state index >= 15 is 0 Å². The molecule has 1 amide bonds. The average Bonchev–Trinajstić information content (AvgIpc) is 2.28. The van der Waals surface area contributed by atoms with Gasteiger partial charge in [-0.15, -0.1) is 0 Å². The van der Waals surface area contributed by atoms with Crippen molar-refractivity contribution in [2.75, 3.05) is 13.1 Å². The van der Waals surface area contributed by atoms with Gasteiger partial charge in [-0.25, -0.2) is 4.72 Å². The van der Waals surface area contributed by atoms with Crippen molar-refractivity contribution in [3.05, 3.63) is 0 Å². The lowest BCUT2D eigenvalue weighted by molar-refractivity contribution is -0.120. The third-order valence-corrected chi connectivity index (χ3v) is 3.92. The largest absolute Gasteiger partial charge is 0.352 e. The summed E-state index contributed by atoms with van der Waals surface area (Å²) >= 11 is 0. The van der Waals surface area contributed by atoms with E-state index in [0.29, 0.717) is 6.54 Å². The highest BCUT2D eigenvalue weighted by molar-refractivity contribution is 7.87. The van der Waals surface area contributed by atoms with Gasteiger partial charge >= 0.3 is 0 Å². The Balaban J connectivity index is 2.25. The fraction of sp³-hybridized carbons (Fsp3) is 0.900. The number of hydrogen-bond acceptors (Lipinski definition) is 3. The Labute approximate surface area is 103 Å². The Hall–Kier alpha value is -0.660. The molecular formula is C10H21N3O3S. The second-order valence-corrected chi connectivity index (χ2v) is 5.81. The zero-order valence-electron chi connectivity index (χ0n) is 10.2. The normalized spacial score (nSPS) is 17.9. The fourth-order valence-corrected chi connectivity index (χ4v) is 2.73. The topological polar surface area (TPSA) is 87.3 Å². The van der Waals surface area contributed by atoms with Crippen LogP contribution < -0.4 is 14.8 Å². The predicted molar refractivity (Wildman–Crippen MR) is 65.6 cm³/mol. The quantitative estimate of drug-likeness (QED) is 0.624. The summed E-state index contributed by atoms with van der Waals surface area (Å²) in [5.41, 5.74) is 0. The Bertz CT molecular complexity index is 337. The van der Waals surface area contributed by atoms with Gasteiger partial charge in [0.05, 0.1) is 6.54 Å². The fourth-order valence-electron chi connectivity index (χ4n) is 1.93. The molecule has 100 valence electrons. The summed E-state index contributed by atoms with van der Waals surface area (Å²) in [6.45, 7) is 1.78. The van der Waals surface area contributed by atoms with Crippen LogP contribution in [0.5, 0.6) is 0 Å². The molecule has 0 bridgehead atoms. The van der Waals surface area contributed by atoms with E-state index in [2.05, 4.69) is 14.8 Å². The molecule has 1 aliphatic rings. The number of nitrogens with one attached hydrogen (secondary N) is 3. The van der Waals surface area contributed by atoms with Crippen LogP contribution in [0.4, 0.5) is 0 Å². The molecular weight excluding hydrogens is 242 g/mol. The van der Waals surface area contributed by atoms with E-state index in [4.69, 9.17) is 0 Å². The molecule has 0 spiro atoms. The number of amides is 1. The summed E-state index contributed by atoms with van der Waals surface area (Å²) in [6, 6.07) is 0.208. The second kappa shape index (κ2) is 6.93. The molecule has 6 nitrogen and oxygen atoms in total. The summed E-state index contributed by atoms with van der Waals surface area (Å²) < 4.78 is 26.9. The SMILES string of the molecule is CCNS(=O)(=O)NCC(=O)NC1CCCCC1. The van der Waals surface area contributed by atoms with Crippen molar-refractivity contribution in [2.24, 2.45) is 0 Å². The minimum Gasteiger partial charge on any atom is -0.352 e. The van der Waals surface area contributed by atoms with Crippen LogP contribution in [-0.2, 0) is 15.0 Å². The molecule has 17 heavy (non-hydrogen) atoms. The summed E-state index contributed by atoms with van der Waals surface area (Å²) in [7, 11) is -3.53. The maximum Gasteiger partial charge on any atom is 0.277 e. The van der Waals surface area contributed by atoms with Crippen molar-refractivity contribution in [3.8, 4) is 0 Å². The zero-order valence-corrected chi connectivity index (χ0v) is 11.0. The Kier molecular flexibility index (Phi) is 5.87. The van der Waals surface area contributed by atoms with E-state index in [1.54, 1.807) is 6.92 Å². The molecule has 0 atom stereocenters. The molecule has 0 aliphatic heterocycles. The first kappa shape index (κ1) is 14.4. The first-order chi connectivity index (χ1) is 8.03. The van der Waals surface area contributed by atoms with Gasteiger partial charge in [0.2, 0.25) is 5.91 Å². The summed E-state index contributed by atoms with van der Waals surface area (Å²) in [4.78, 5) is 11.5. The van der Waals surface area contributed by atoms with Crippen LogP contribution in [0.2, 0.25) is 0 Å². The van der Waals surface area contributed by atoms with Crippen LogP contribution >= 0.6 is 0 Å². The number of rotatable bonds is 6. The van der Waals surface area contributed by atoms with Crippen molar-refractivity contribution < 1.29 is 13.2 Å². The van der Waals surface area contributed by atoms with Gasteiger partial charge < -0.3 is 5.32 Å². The standard InChI is InChI=1S/C10H21N3O3S/c1-2-11-17(15,16)12-8-10(14)13-9-6-4-3-5-7-9/h9,11-12H,2-8H2,1H3,(H,13,14). The Morgan fingerprint density at radius 1 is 1.18 bits per heavy atom. The lowest BCUT2D eigenvalue weighted by Crippen LogP contribution is -2.45. The van der Waals surface area contributed by atoms with Gasteiger partial charge in [-0.2, -0.15) is 13.1 Å². The van der Waals surface area contributed by atoms with E-state index in [1.165, 1.54) is 6.42 Å². The van der Waals surface area contributed by atoms with E-state index in [1.807, 2.05) is 0 Å². The maximum atomic E-state index is 11.5. The summed E-state index contributed by atoms with van der Waals surface area (Å²) in [5, 5.41) is 2.84. The van der Waals surface area contributed by atoms with Gasteiger partial charge in [0.15, 0.2) is 0 Å². The van der Waals surface area contributed by atoms with Crippen molar-refractivity contribution in [1.82, 2.24) is 14.8 Å². The molecule has 7 heteroatoms. The van der Waals surface area contributed by atoms with E-state index in [9.17, 15) is 13.2 Å². The first-order valence-electron chi connectivity index (χ1n) is 6.07. The monoisotopic (exact) mass is 263 g/mol. The highest BCUT2D eigenvalue weighted by Crippen LogP contribution is 2.16. The molecule has 0 aromatic rings. The van der Waals surface area contributed by atoms with Crippen molar-refractivity contribution in [2.45, 2.75) is 45.1 Å². The predicted octanol–water partition coefficient (Wildman–Crippen LogP) is -0.121. The number of hydrogen-bond donors (Lipinski definition) is 3. The van der Waals surface area contributed by atoms with E-state index in [-0.39, 0.29) is 18.5 Å². The molecule has 0 radical (unpaired) electrons. The number of carbonyl (C=O) groups excluding carboxylic acids is 1. The molecule has 0 aromatic heterocycles. The van der Waals surface area contributed by atoms with Gasteiger partial charge in [0, 0.05) is 12.6 Å². The van der Waals surface area contributed by atoms with Crippen molar-refractivity contribution in [1.29, 1.82) is 0 Å². The van der Waals surface area contributed by atoms with Crippen LogP contribution in [0.1, 0.15) is 39.0 Å². The molecule has 3 N–H and O–H groups in total. The van der Waals surface area contributed by atoms with Gasteiger partial charge in [0.1, 0.15) is 0 Å². The van der Waals surface area contributed by atoms with Crippen LogP contribution in [0.15, 0.2) is 0 Å². The van der Waals surface area contributed by atoms with Crippen molar-refractivity contribution in [3.63, 3.8) is 0 Å². The number of carbonyl (C=O) groups is 1. The van der Waals surface area contributed by atoms with Gasteiger partial charge in [-0.3, -0.25) is 4.79 Å². The van der Waals surface area contributed by atoms with E-state index < -0.39 is 10.2 Å². The highest BCUT2D eigenvalue weighted by atomic mass is 32.2. The minimum atomic E-state index is -3.53. The Morgan fingerprint density at radius 2 is 1.82 bits per heavy atom. The maximum absolute atomic E-state index is 11.5.